The molecule has 0 spiro atoms. The van der Waals surface area contributed by atoms with E-state index in [4.69, 9.17) is 5.26 Å². The lowest BCUT2D eigenvalue weighted by molar-refractivity contribution is 0.235. The van der Waals surface area contributed by atoms with Crippen molar-refractivity contribution in [1.29, 1.82) is 5.26 Å². The smallest absolute Gasteiger partial charge is 0.111 e. The standard InChI is InChI=1S/C10H15N3/c1-10(8-11,13(2)3)7-9-5-4-6-12-9/h4-6,12H,7H2,1-3H3. The Balaban J connectivity index is 2.77. The molecule has 0 aliphatic heterocycles. The van der Waals surface area contributed by atoms with Crippen LogP contribution in [0.3, 0.4) is 0 Å². The molecule has 1 aromatic rings. The van der Waals surface area contributed by atoms with Crippen LogP contribution in [0.15, 0.2) is 18.3 Å². The lowest BCUT2D eigenvalue weighted by Crippen LogP contribution is -2.41. The predicted molar refractivity (Wildman–Crippen MR) is 52.2 cm³/mol. The number of aromatic amines is 1. The quantitative estimate of drug-likeness (QED) is 0.758. The SMILES string of the molecule is CN(C)C(C)(C#N)Cc1ccc[nH]1. The van der Waals surface area contributed by atoms with Crippen LogP contribution in [0.2, 0.25) is 0 Å². The number of rotatable bonds is 3. The lowest BCUT2D eigenvalue weighted by Gasteiger charge is -2.28. The van der Waals surface area contributed by atoms with Gasteiger partial charge in [0.15, 0.2) is 0 Å². The van der Waals surface area contributed by atoms with Crippen LogP contribution in [0, 0.1) is 11.3 Å². The number of nitriles is 1. The summed E-state index contributed by atoms with van der Waals surface area (Å²) in [5, 5.41) is 9.05. The summed E-state index contributed by atoms with van der Waals surface area (Å²) in [6.45, 7) is 1.94. The Hall–Kier alpha value is -1.27. The first-order chi connectivity index (χ1) is 6.08. The lowest BCUT2D eigenvalue weighted by atomic mass is 9.96. The van der Waals surface area contributed by atoms with Crippen molar-refractivity contribution in [3.63, 3.8) is 0 Å². The van der Waals surface area contributed by atoms with Crippen molar-refractivity contribution in [2.24, 2.45) is 0 Å². The molecule has 1 unspecified atom stereocenters. The first-order valence-electron chi connectivity index (χ1n) is 4.29. The minimum atomic E-state index is -0.426. The molecule has 0 amide bonds. The summed E-state index contributed by atoms with van der Waals surface area (Å²) in [6, 6.07) is 6.27. The van der Waals surface area contributed by atoms with Crippen LogP contribution in [0.4, 0.5) is 0 Å². The van der Waals surface area contributed by atoms with Gasteiger partial charge in [-0.3, -0.25) is 4.90 Å². The van der Waals surface area contributed by atoms with Gasteiger partial charge in [0.1, 0.15) is 5.54 Å². The zero-order valence-corrected chi connectivity index (χ0v) is 8.33. The number of nitrogens with one attached hydrogen (secondary N) is 1. The van der Waals surface area contributed by atoms with Gasteiger partial charge in [0.2, 0.25) is 0 Å². The van der Waals surface area contributed by atoms with Crippen molar-refractivity contribution in [3.8, 4) is 6.07 Å². The van der Waals surface area contributed by atoms with E-state index >= 15 is 0 Å². The van der Waals surface area contributed by atoms with Gasteiger partial charge in [-0.2, -0.15) is 5.26 Å². The molecule has 0 radical (unpaired) electrons. The maximum absolute atomic E-state index is 9.05. The van der Waals surface area contributed by atoms with Gasteiger partial charge < -0.3 is 4.98 Å². The minimum Gasteiger partial charge on any atom is -0.365 e. The Morgan fingerprint density at radius 1 is 1.62 bits per heavy atom. The van der Waals surface area contributed by atoms with Gasteiger partial charge >= 0.3 is 0 Å². The highest BCUT2D eigenvalue weighted by molar-refractivity contribution is 5.15. The van der Waals surface area contributed by atoms with E-state index in [0.29, 0.717) is 0 Å². The zero-order valence-electron chi connectivity index (χ0n) is 8.33. The monoisotopic (exact) mass is 177 g/mol. The van der Waals surface area contributed by atoms with Gasteiger partial charge in [-0.05, 0) is 33.2 Å². The maximum atomic E-state index is 9.05. The topological polar surface area (TPSA) is 42.8 Å². The van der Waals surface area contributed by atoms with Gasteiger partial charge in [0, 0.05) is 18.3 Å². The fourth-order valence-corrected chi connectivity index (χ4v) is 1.15. The number of likely N-dealkylation sites (N-methyl/N-ethyl adjacent to an activating group) is 1. The molecule has 0 aliphatic rings. The van der Waals surface area contributed by atoms with E-state index in [1.165, 1.54) is 0 Å². The van der Waals surface area contributed by atoms with Crippen molar-refractivity contribution in [2.75, 3.05) is 14.1 Å². The Morgan fingerprint density at radius 2 is 2.31 bits per heavy atom. The van der Waals surface area contributed by atoms with Crippen LogP contribution in [0.5, 0.6) is 0 Å². The molecular formula is C10H15N3. The summed E-state index contributed by atoms with van der Waals surface area (Å²) in [7, 11) is 3.85. The fraction of sp³-hybridized carbons (Fsp3) is 0.500. The first-order valence-corrected chi connectivity index (χ1v) is 4.29. The number of hydrogen-bond donors (Lipinski definition) is 1. The second-order valence-corrected chi connectivity index (χ2v) is 3.65. The summed E-state index contributed by atoms with van der Waals surface area (Å²) in [4.78, 5) is 5.04. The van der Waals surface area contributed by atoms with Crippen LogP contribution in [0.1, 0.15) is 12.6 Å². The third-order valence-electron chi connectivity index (χ3n) is 2.42. The molecule has 0 saturated heterocycles. The molecule has 13 heavy (non-hydrogen) atoms. The number of hydrogen-bond acceptors (Lipinski definition) is 2. The summed E-state index contributed by atoms with van der Waals surface area (Å²) in [5.41, 5.74) is 0.669. The molecule has 1 atom stereocenters. The fourth-order valence-electron chi connectivity index (χ4n) is 1.15. The molecule has 0 aromatic carbocycles. The second-order valence-electron chi connectivity index (χ2n) is 3.65. The summed E-state index contributed by atoms with van der Waals surface area (Å²) in [6.07, 6.45) is 2.60. The van der Waals surface area contributed by atoms with E-state index in [-0.39, 0.29) is 0 Å². The van der Waals surface area contributed by atoms with E-state index in [1.807, 2.05) is 44.2 Å². The van der Waals surface area contributed by atoms with E-state index in [2.05, 4.69) is 11.1 Å². The van der Waals surface area contributed by atoms with Crippen molar-refractivity contribution in [1.82, 2.24) is 9.88 Å². The number of H-pyrrole nitrogens is 1. The van der Waals surface area contributed by atoms with Crippen LogP contribution in [-0.2, 0) is 6.42 Å². The van der Waals surface area contributed by atoms with E-state index < -0.39 is 5.54 Å². The minimum absolute atomic E-state index is 0.426. The third-order valence-corrected chi connectivity index (χ3v) is 2.42. The highest BCUT2D eigenvalue weighted by atomic mass is 15.1. The average molecular weight is 177 g/mol. The Kier molecular flexibility index (Phi) is 2.74. The zero-order chi connectivity index (χ0) is 9.90. The van der Waals surface area contributed by atoms with Gasteiger partial charge in [-0.1, -0.05) is 0 Å². The summed E-state index contributed by atoms with van der Waals surface area (Å²) >= 11 is 0. The molecule has 0 fully saturated rings. The average Bonchev–Trinajstić information content (AvgIpc) is 2.56. The van der Waals surface area contributed by atoms with Gasteiger partial charge in [0.25, 0.3) is 0 Å². The second kappa shape index (κ2) is 3.63. The Bertz CT molecular complexity index is 294. The molecule has 1 aromatic heterocycles. The van der Waals surface area contributed by atoms with Crippen molar-refractivity contribution >= 4 is 0 Å². The van der Waals surface area contributed by atoms with Crippen molar-refractivity contribution in [3.05, 3.63) is 24.0 Å². The van der Waals surface area contributed by atoms with Crippen LogP contribution in [0.25, 0.3) is 0 Å². The summed E-state index contributed by atoms with van der Waals surface area (Å²) < 4.78 is 0. The highest BCUT2D eigenvalue weighted by Crippen LogP contribution is 2.15. The third kappa shape index (κ3) is 2.10. The first kappa shape index (κ1) is 9.82. The molecule has 1 rings (SSSR count). The molecule has 0 bridgehead atoms. The van der Waals surface area contributed by atoms with Gasteiger partial charge in [-0.15, -0.1) is 0 Å². The van der Waals surface area contributed by atoms with Crippen LogP contribution < -0.4 is 0 Å². The molecule has 3 heteroatoms. The van der Waals surface area contributed by atoms with E-state index in [1.54, 1.807) is 0 Å². The van der Waals surface area contributed by atoms with Gasteiger partial charge in [-0.25, -0.2) is 0 Å². The molecular weight excluding hydrogens is 162 g/mol. The van der Waals surface area contributed by atoms with Crippen LogP contribution >= 0.6 is 0 Å². The molecule has 0 aliphatic carbocycles. The number of aromatic nitrogens is 1. The van der Waals surface area contributed by atoms with E-state index in [9.17, 15) is 0 Å². The normalized spacial score (nSPS) is 15.3. The largest absolute Gasteiger partial charge is 0.365 e. The maximum Gasteiger partial charge on any atom is 0.111 e. The predicted octanol–water partition coefficient (Wildman–Crippen LogP) is 1.40. The highest BCUT2D eigenvalue weighted by Gasteiger charge is 2.26. The summed E-state index contributed by atoms with van der Waals surface area (Å²) in [5.74, 6) is 0. The molecule has 70 valence electrons. The Labute approximate surface area is 79.0 Å². The van der Waals surface area contributed by atoms with E-state index in [0.717, 1.165) is 12.1 Å². The molecule has 3 nitrogen and oxygen atoms in total. The Morgan fingerprint density at radius 3 is 2.69 bits per heavy atom. The molecule has 1 N–H and O–H groups in total. The van der Waals surface area contributed by atoms with Crippen molar-refractivity contribution in [2.45, 2.75) is 18.9 Å². The van der Waals surface area contributed by atoms with Gasteiger partial charge in [0.05, 0.1) is 6.07 Å². The number of nitrogens with zero attached hydrogens (tertiary/aromatic N) is 2. The van der Waals surface area contributed by atoms with Crippen LogP contribution in [-0.4, -0.2) is 29.5 Å². The molecule has 0 saturated carbocycles. The van der Waals surface area contributed by atoms with Crippen molar-refractivity contribution < 1.29 is 0 Å². The molecule has 1 heterocycles.